The van der Waals surface area contributed by atoms with Crippen LogP contribution in [0.25, 0.3) is 0 Å². The maximum absolute atomic E-state index is 12.5. The molecule has 0 spiro atoms. The number of carbonyl (C=O) groups is 1. The summed E-state index contributed by atoms with van der Waals surface area (Å²) in [6.45, 7) is 1.51. The van der Waals surface area contributed by atoms with Gasteiger partial charge in [0.05, 0.1) is 6.10 Å². The Morgan fingerprint density at radius 2 is 2.17 bits per heavy atom. The molecule has 2 aromatic rings. The Bertz CT molecular complexity index is 657. The molecule has 1 amide bonds. The number of hydrogen-bond donors (Lipinski definition) is 1. The zero-order chi connectivity index (χ0) is 16.1. The van der Waals surface area contributed by atoms with E-state index in [1.165, 1.54) is 6.33 Å². The first kappa shape index (κ1) is 15.4. The summed E-state index contributed by atoms with van der Waals surface area (Å²) in [5.74, 6) is 0.471. The third kappa shape index (κ3) is 3.84. The van der Waals surface area contributed by atoms with Crippen LogP contribution in [0, 0.1) is 0 Å². The molecule has 1 unspecified atom stereocenters. The zero-order valence-corrected chi connectivity index (χ0v) is 13.1. The average molecular weight is 312 g/mol. The molecule has 2 heterocycles. The standard InChI is InChI=1S/C17H20N4O2/c1-21(13-6-3-2-4-7-13)17(22)15-10-16(20-12-19-15)18-11-14-8-5-9-23-14/h2-4,6-7,10,12,14H,5,8-9,11H2,1H3,(H,18,19,20). The maximum atomic E-state index is 12.5. The van der Waals surface area contributed by atoms with Crippen molar-refractivity contribution in [2.45, 2.75) is 18.9 Å². The quantitative estimate of drug-likeness (QED) is 0.918. The normalized spacial score (nSPS) is 17.0. The Labute approximate surface area is 135 Å². The Hall–Kier alpha value is -2.47. The third-order valence-electron chi connectivity index (χ3n) is 3.87. The Balaban J connectivity index is 1.67. The molecule has 3 rings (SSSR count). The lowest BCUT2D eigenvalue weighted by molar-refractivity contribution is 0.0988. The molecule has 1 aliphatic rings. The third-order valence-corrected chi connectivity index (χ3v) is 3.87. The second-order valence-corrected chi connectivity index (χ2v) is 5.50. The SMILES string of the molecule is CN(C(=O)c1cc(NCC2CCCO2)ncn1)c1ccccc1. The number of para-hydroxylation sites is 1. The average Bonchev–Trinajstić information content (AvgIpc) is 3.13. The molecule has 1 fully saturated rings. The van der Waals surface area contributed by atoms with Gasteiger partial charge in [-0.2, -0.15) is 0 Å². The van der Waals surface area contributed by atoms with Gasteiger partial charge in [0.15, 0.2) is 0 Å². The van der Waals surface area contributed by atoms with E-state index < -0.39 is 0 Å². The minimum absolute atomic E-state index is 0.168. The number of anilines is 2. The van der Waals surface area contributed by atoms with Crippen LogP contribution in [0.4, 0.5) is 11.5 Å². The summed E-state index contributed by atoms with van der Waals surface area (Å²) in [5.41, 5.74) is 1.19. The van der Waals surface area contributed by atoms with Crippen molar-refractivity contribution >= 4 is 17.4 Å². The van der Waals surface area contributed by atoms with E-state index in [9.17, 15) is 4.79 Å². The number of benzene rings is 1. The van der Waals surface area contributed by atoms with Crippen LogP contribution in [0.15, 0.2) is 42.7 Å². The van der Waals surface area contributed by atoms with Crippen molar-refractivity contribution < 1.29 is 9.53 Å². The summed E-state index contributed by atoms with van der Waals surface area (Å²) in [7, 11) is 1.74. The van der Waals surface area contributed by atoms with Gasteiger partial charge in [0.2, 0.25) is 0 Å². The van der Waals surface area contributed by atoms with Gasteiger partial charge < -0.3 is 15.0 Å². The molecule has 1 aliphatic heterocycles. The van der Waals surface area contributed by atoms with Crippen molar-refractivity contribution in [3.8, 4) is 0 Å². The van der Waals surface area contributed by atoms with E-state index in [1.807, 2.05) is 30.3 Å². The molecular weight excluding hydrogens is 292 g/mol. The first-order valence-electron chi connectivity index (χ1n) is 7.74. The number of nitrogens with one attached hydrogen (secondary N) is 1. The van der Waals surface area contributed by atoms with E-state index in [-0.39, 0.29) is 12.0 Å². The van der Waals surface area contributed by atoms with Crippen LogP contribution in [0.1, 0.15) is 23.3 Å². The van der Waals surface area contributed by atoms with Gasteiger partial charge >= 0.3 is 0 Å². The van der Waals surface area contributed by atoms with E-state index >= 15 is 0 Å². The van der Waals surface area contributed by atoms with Gasteiger partial charge in [-0.15, -0.1) is 0 Å². The molecule has 0 bridgehead atoms. The molecule has 0 aliphatic carbocycles. The first-order chi connectivity index (χ1) is 11.2. The molecule has 1 saturated heterocycles. The second kappa shape index (κ2) is 7.19. The summed E-state index contributed by atoms with van der Waals surface area (Å²) in [6.07, 6.45) is 3.78. The van der Waals surface area contributed by atoms with Gasteiger partial charge in [0.25, 0.3) is 5.91 Å². The predicted octanol–water partition coefficient (Wildman–Crippen LogP) is 2.34. The molecule has 1 aromatic carbocycles. The fraction of sp³-hybridized carbons (Fsp3) is 0.353. The highest BCUT2D eigenvalue weighted by molar-refractivity contribution is 6.04. The highest BCUT2D eigenvalue weighted by atomic mass is 16.5. The topological polar surface area (TPSA) is 67.4 Å². The van der Waals surface area contributed by atoms with Crippen LogP contribution in [-0.2, 0) is 4.74 Å². The molecule has 0 saturated carbocycles. The number of hydrogen-bond acceptors (Lipinski definition) is 5. The van der Waals surface area contributed by atoms with Crippen LogP contribution >= 0.6 is 0 Å². The molecule has 23 heavy (non-hydrogen) atoms. The van der Waals surface area contributed by atoms with Crippen molar-refractivity contribution in [3.05, 3.63) is 48.4 Å². The van der Waals surface area contributed by atoms with Crippen LogP contribution < -0.4 is 10.2 Å². The fourth-order valence-corrected chi connectivity index (χ4v) is 2.54. The van der Waals surface area contributed by atoms with Gasteiger partial charge in [-0.25, -0.2) is 9.97 Å². The number of amides is 1. The van der Waals surface area contributed by atoms with Gasteiger partial charge in [0, 0.05) is 32.0 Å². The zero-order valence-electron chi connectivity index (χ0n) is 13.1. The largest absolute Gasteiger partial charge is 0.376 e. The summed E-state index contributed by atoms with van der Waals surface area (Å²) >= 11 is 0. The summed E-state index contributed by atoms with van der Waals surface area (Å²) in [6, 6.07) is 11.2. The van der Waals surface area contributed by atoms with Crippen LogP contribution in [0.2, 0.25) is 0 Å². The summed E-state index contributed by atoms with van der Waals surface area (Å²) in [5, 5.41) is 3.21. The Morgan fingerprint density at radius 3 is 2.91 bits per heavy atom. The molecule has 1 atom stereocenters. The van der Waals surface area contributed by atoms with E-state index in [0.717, 1.165) is 25.1 Å². The summed E-state index contributed by atoms with van der Waals surface area (Å²) < 4.78 is 5.57. The number of nitrogens with zero attached hydrogens (tertiary/aromatic N) is 3. The van der Waals surface area contributed by atoms with Gasteiger partial charge in [-0.1, -0.05) is 18.2 Å². The molecule has 1 aromatic heterocycles. The minimum atomic E-state index is -0.168. The molecule has 0 radical (unpaired) electrons. The van der Waals surface area contributed by atoms with E-state index in [2.05, 4.69) is 15.3 Å². The number of aromatic nitrogens is 2. The predicted molar refractivity (Wildman–Crippen MR) is 88.7 cm³/mol. The molecular formula is C17H20N4O2. The molecule has 6 nitrogen and oxygen atoms in total. The van der Waals surface area contributed by atoms with Crippen molar-refractivity contribution in [2.24, 2.45) is 0 Å². The van der Waals surface area contributed by atoms with E-state index in [0.29, 0.717) is 18.1 Å². The van der Waals surface area contributed by atoms with E-state index in [1.54, 1.807) is 18.0 Å². The lowest BCUT2D eigenvalue weighted by atomic mass is 10.2. The molecule has 1 N–H and O–H groups in total. The number of rotatable bonds is 5. The van der Waals surface area contributed by atoms with E-state index in [4.69, 9.17) is 4.74 Å². The summed E-state index contributed by atoms with van der Waals surface area (Å²) in [4.78, 5) is 22.4. The lowest BCUT2D eigenvalue weighted by Gasteiger charge is -2.17. The highest BCUT2D eigenvalue weighted by Crippen LogP contribution is 2.16. The van der Waals surface area contributed by atoms with Crippen LogP contribution in [0.5, 0.6) is 0 Å². The highest BCUT2D eigenvalue weighted by Gasteiger charge is 2.17. The second-order valence-electron chi connectivity index (χ2n) is 5.50. The smallest absolute Gasteiger partial charge is 0.276 e. The minimum Gasteiger partial charge on any atom is -0.376 e. The number of carbonyl (C=O) groups excluding carboxylic acids is 1. The maximum Gasteiger partial charge on any atom is 0.276 e. The first-order valence-corrected chi connectivity index (χ1v) is 7.74. The van der Waals surface area contributed by atoms with Gasteiger partial charge in [-0.3, -0.25) is 4.79 Å². The van der Waals surface area contributed by atoms with Gasteiger partial charge in [0.1, 0.15) is 17.8 Å². The molecule has 120 valence electrons. The van der Waals surface area contributed by atoms with Crippen molar-refractivity contribution in [1.29, 1.82) is 0 Å². The monoisotopic (exact) mass is 312 g/mol. The lowest BCUT2D eigenvalue weighted by Crippen LogP contribution is -2.27. The Kier molecular flexibility index (Phi) is 4.83. The fourth-order valence-electron chi connectivity index (χ4n) is 2.54. The molecule has 6 heteroatoms. The van der Waals surface area contributed by atoms with Crippen LogP contribution in [-0.4, -0.2) is 42.2 Å². The van der Waals surface area contributed by atoms with Gasteiger partial charge in [-0.05, 0) is 25.0 Å². The van der Waals surface area contributed by atoms with Crippen molar-refractivity contribution in [1.82, 2.24) is 9.97 Å². The van der Waals surface area contributed by atoms with Crippen molar-refractivity contribution in [3.63, 3.8) is 0 Å². The van der Waals surface area contributed by atoms with Crippen molar-refractivity contribution in [2.75, 3.05) is 30.4 Å². The van der Waals surface area contributed by atoms with Crippen LogP contribution in [0.3, 0.4) is 0 Å². The Morgan fingerprint density at radius 1 is 1.35 bits per heavy atom. The number of ether oxygens (including phenoxy) is 1.